The summed E-state index contributed by atoms with van der Waals surface area (Å²) >= 11 is 5.47. The molecule has 1 aliphatic carbocycles. The highest BCUT2D eigenvalue weighted by molar-refractivity contribution is 9.10. The Kier molecular flexibility index (Phi) is 5.72. The molecular weight excluding hydrogens is 330 g/mol. The van der Waals surface area contributed by atoms with Gasteiger partial charge in [-0.3, -0.25) is 0 Å². The second-order valence-electron chi connectivity index (χ2n) is 7.09. The van der Waals surface area contributed by atoms with Crippen molar-refractivity contribution in [3.8, 4) is 0 Å². The van der Waals surface area contributed by atoms with Gasteiger partial charge in [-0.1, -0.05) is 34.1 Å². The van der Waals surface area contributed by atoms with Gasteiger partial charge in [0.25, 0.3) is 0 Å². The van der Waals surface area contributed by atoms with Gasteiger partial charge in [-0.15, -0.1) is 11.3 Å². The van der Waals surface area contributed by atoms with Crippen LogP contribution in [0.5, 0.6) is 0 Å². The molecule has 3 unspecified atom stereocenters. The Morgan fingerprint density at radius 1 is 1.40 bits per heavy atom. The molecule has 1 nitrogen and oxygen atoms in total. The topological polar surface area (TPSA) is 12.0 Å². The summed E-state index contributed by atoms with van der Waals surface area (Å²) in [5.74, 6) is 1.67. The summed E-state index contributed by atoms with van der Waals surface area (Å²) in [6, 6.07) is 2.99. The molecule has 114 valence electrons. The maximum atomic E-state index is 3.76. The number of hydrogen-bond acceptors (Lipinski definition) is 2. The minimum atomic E-state index is 0.372. The minimum Gasteiger partial charge on any atom is -0.314 e. The Balaban J connectivity index is 2.09. The van der Waals surface area contributed by atoms with Gasteiger partial charge < -0.3 is 5.32 Å². The summed E-state index contributed by atoms with van der Waals surface area (Å²) in [6.07, 6.45) is 5.31. The highest BCUT2D eigenvalue weighted by Crippen LogP contribution is 2.43. The van der Waals surface area contributed by atoms with Crippen molar-refractivity contribution in [3.63, 3.8) is 0 Å². The molecule has 1 fully saturated rings. The van der Waals surface area contributed by atoms with E-state index in [0.717, 1.165) is 18.4 Å². The fraction of sp³-hybridized carbons (Fsp3) is 0.765. The zero-order valence-electron chi connectivity index (χ0n) is 13.2. The Bertz CT molecular complexity index is 426. The first-order valence-electron chi connectivity index (χ1n) is 7.88. The number of hydrogen-bond donors (Lipinski definition) is 1. The molecule has 0 spiro atoms. The van der Waals surface area contributed by atoms with E-state index in [-0.39, 0.29) is 0 Å². The van der Waals surface area contributed by atoms with Gasteiger partial charge >= 0.3 is 0 Å². The van der Waals surface area contributed by atoms with Crippen LogP contribution in [0.3, 0.4) is 0 Å². The molecule has 1 aliphatic rings. The van der Waals surface area contributed by atoms with E-state index in [1.807, 2.05) is 11.3 Å². The van der Waals surface area contributed by atoms with Crippen molar-refractivity contribution in [3.05, 3.63) is 20.8 Å². The first-order valence-corrected chi connectivity index (χ1v) is 9.56. The van der Waals surface area contributed by atoms with Crippen LogP contribution < -0.4 is 5.32 Å². The molecule has 3 atom stereocenters. The SMILES string of the molecule is CCNC1CC(C)CCC1C(C)(C)Cc1cc(Br)cs1. The van der Waals surface area contributed by atoms with E-state index in [1.54, 1.807) is 0 Å². The lowest BCUT2D eigenvalue weighted by Crippen LogP contribution is -2.47. The van der Waals surface area contributed by atoms with Crippen molar-refractivity contribution in [2.45, 2.75) is 59.4 Å². The van der Waals surface area contributed by atoms with Crippen molar-refractivity contribution in [1.82, 2.24) is 5.32 Å². The third-order valence-corrected chi connectivity index (χ3v) is 6.53. The van der Waals surface area contributed by atoms with Crippen LogP contribution in [0.2, 0.25) is 0 Å². The Morgan fingerprint density at radius 3 is 2.75 bits per heavy atom. The molecule has 0 aliphatic heterocycles. The fourth-order valence-electron chi connectivity index (χ4n) is 3.83. The Labute approximate surface area is 136 Å². The third-order valence-electron chi connectivity index (χ3n) is 4.83. The summed E-state index contributed by atoms with van der Waals surface area (Å²) in [5, 5.41) is 5.96. The molecular formula is C17H28BrNS. The Morgan fingerprint density at radius 2 is 2.15 bits per heavy atom. The van der Waals surface area contributed by atoms with Gasteiger partial charge in [-0.2, -0.15) is 0 Å². The lowest BCUT2D eigenvalue weighted by molar-refractivity contribution is 0.0956. The van der Waals surface area contributed by atoms with Crippen molar-refractivity contribution in [2.75, 3.05) is 6.54 Å². The van der Waals surface area contributed by atoms with Crippen LogP contribution in [0.4, 0.5) is 0 Å². The van der Waals surface area contributed by atoms with Crippen LogP contribution in [0.25, 0.3) is 0 Å². The zero-order valence-corrected chi connectivity index (χ0v) is 15.6. The van der Waals surface area contributed by atoms with Gasteiger partial charge in [0.2, 0.25) is 0 Å². The molecule has 3 heteroatoms. The van der Waals surface area contributed by atoms with Crippen LogP contribution in [0.1, 0.15) is 51.8 Å². The van der Waals surface area contributed by atoms with Crippen LogP contribution >= 0.6 is 27.3 Å². The standard InChI is InChI=1S/C17H28BrNS/c1-5-19-16-8-12(2)6-7-15(16)17(3,4)10-14-9-13(18)11-20-14/h9,11-12,15-16,19H,5-8,10H2,1-4H3. The Hall–Kier alpha value is 0.140. The van der Waals surface area contributed by atoms with Gasteiger partial charge in [-0.05, 0) is 65.1 Å². The summed E-state index contributed by atoms with van der Waals surface area (Å²) in [6.45, 7) is 10.7. The molecule has 1 aromatic heterocycles. The highest BCUT2D eigenvalue weighted by atomic mass is 79.9. The molecule has 0 radical (unpaired) electrons. The average Bonchev–Trinajstić information content (AvgIpc) is 2.74. The van der Waals surface area contributed by atoms with Crippen LogP contribution in [-0.4, -0.2) is 12.6 Å². The average molecular weight is 358 g/mol. The lowest BCUT2D eigenvalue weighted by atomic mass is 9.65. The number of halogens is 1. The van der Waals surface area contributed by atoms with E-state index in [2.05, 4.69) is 60.4 Å². The normalized spacial score (nSPS) is 27.8. The molecule has 0 saturated heterocycles. The van der Waals surface area contributed by atoms with E-state index in [1.165, 1.54) is 35.0 Å². The van der Waals surface area contributed by atoms with Crippen LogP contribution in [0, 0.1) is 17.3 Å². The smallest absolute Gasteiger partial charge is 0.0285 e. The first kappa shape index (κ1) is 16.5. The van der Waals surface area contributed by atoms with E-state index in [0.29, 0.717) is 11.5 Å². The molecule has 1 heterocycles. The van der Waals surface area contributed by atoms with Crippen molar-refractivity contribution in [1.29, 1.82) is 0 Å². The first-order chi connectivity index (χ1) is 9.42. The predicted octanol–water partition coefficient (Wildman–Crippen LogP) is 5.49. The molecule has 1 saturated carbocycles. The van der Waals surface area contributed by atoms with Gasteiger partial charge in [0.15, 0.2) is 0 Å². The number of thiophene rings is 1. The highest BCUT2D eigenvalue weighted by Gasteiger charge is 2.38. The molecule has 0 bridgehead atoms. The largest absolute Gasteiger partial charge is 0.314 e. The van der Waals surface area contributed by atoms with Gasteiger partial charge in [0.05, 0.1) is 0 Å². The van der Waals surface area contributed by atoms with E-state index in [4.69, 9.17) is 0 Å². The monoisotopic (exact) mass is 357 g/mol. The third kappa shape index (κ3) is 4.08. The molecule has 1 N–H and O–H groups in total. The number of rotatable bonds is 5. The van der Waals surface area contributed by atoms with Crippen molar-refractivity contribution in [2.24, 2.45) is 17.3 Å². The molecule has 20 heavy (non-hydrogen) atoms. The second-order valence-corrected chi connectivity index (χ2v) is 9.00. The maximum Gasteiger partial charge on any atom is 0.0285 e. The van der Waals surface area contributed by atoms with Crippen LogP contribution in [0.15, 0.2) is 15.9 Å². The van der Waals surface area contributed by atoms with E-state index >= 15 is 0 Å². The zero-order chi connectivity index (χ0) is 14.8. The maximum absolute atomic E-state index is 3.76. The van der Waals surface area contributed by atoms with Gasteiger partial charge in [0, 0.05) is 20.8 Å². The van der Waals surface area contributed by atoms with Crippen molar-refractivity contribution < 1.29 is 0 Å². The summed E-state index contributed by atoms with van der Waals surface area (Å²) in [4.78, 5) is 1.51. The molecule has 0 amide bonds. The summed E-state index contributed by atoms with van der Waals surface area (Å²) < 4.78 is 1.23. The summed E-state index contributed by atoms with van der Waals surface area (Å²) in [5.41, 5.74) is 0.372. The summed E-state index contributed by atoms with van der Waals surface area (Å²) in [7, 11) is 0. The second kappa shape index (κ2) is 6.93. The molecule has 2 rings (SSSR count). The minimum absolute atomic E-state index is 0.372. The number of nitrogens with one attached hydrogen (secondary N) is 1. The van der Waals surface area contributed by atoms with Crippen molar-refractivity contribution >= 4 is 27.3 Å². The van der Waals surface area contributed by atoms with Gasteiger partial charge in [-0.25, -0.2) is 0 Å². The van der Waals surface area contributed by atoms with E-state index in [9.17, 15) is 0 Å². The lowest BCUT2D eigenvalue weighted by Gasteiger charge is -2.44. The predicted molar refractivity (Wildman–Crippen MR) is 93.5 cm³/mol. The van der Waals surface area contributed by atoms with Gasteiger partial charge in [0.1, 0.15) is 0 Å². The molecule has 1 aromatic rings. The van der Waals surface area contributed by atoms with Crippen LogP contribution in [-0.2, 0) is 6.42 Å². The fourth-order valence-corrected chi connectivity index (χ4v) is 5.52. The molecule has 0 aromatic carbocycles. The quantitative estimate of drug-likeness (QED) is 0.733. The van der Waals surface area contributed by atoms with E-state index < -0.39 is 0 Å².